The van der Waals surface area contributed by atoms with Crippen molar-refractivity contribution < 1.29 is 0 Å². The van der Waals surface area contributed by atoms with Crippen molar-refractivity contribution in [3.8, 4) is 0 Å². The number of nitrogen functional groups attached to an aromatic ring is 1. The largest absolute Gasteiger partial charge is 0.369 e. The van der Waals surface area contributed by atoms with Gasteiger partial charge in [-0.3, -0.25) is 0 Å². The molecule has 0 aliphatic rings. The average Bonchev–Trinajstić information content (AvgIpc) is 3.05. The number of rotatable bonds is 5. The highest BCUT2D eigenvalue weighted by molar-refractivity contribution is 5.51. The Balaban J connectivity index is 0.00000171. The van der Waals surface area contributed by atoms with E-state index in [1.165, 1.54) is 9.08 Å². The Labute approximate surface area is 167 Å². The lowest BCUT2D eigenvalue weighted by Crippen LogP contribution is -2.34. The minimum absolute atomic E-state index is 0.0949. The monoisotopic (exact) mass is 383 g/mol. The van der Waals surface area contributed by atoms with E-state index in [-0.39, 0.29) is 11.6 Å². The number of allylic oxidation sites excluding steroid dienone is 6. The maximum atomic E-state index is 12.6. The lowest BCUT2D eigenvalue weighted by atomic mass is 10.2. The van der Waals surface area contributed by atoms with Crippen molar-refractivity contribution in [2.45, 2.75) is 48.1 Å². The number of nitrogens with zero attached hydrogens (tertiary/aromatic N) is 4. The second-order valence-electron chi connectivity index (χ2n) is 5.03. The van der Waals surface area contributed by atoms with Crippen LogP contribution in [-0.4, -0.2) is 19.2 Å². The molecule has 0 aliphatic heterocycles. The standard InChI is InChI=1S/C18H21N5O.2C2H6/c1-5-9-11-13(7-3)12-22-18(24)23-16(21-22)14(8-4)15(10-6-2)20-17(23)19;2*1-2/h5-11H,2-3,12H2,1,4H3,(H2,19,20);2*1-2H3/b9-5-,13-11+,14-8+,15-10+;;. The molecule has 2 rings (SSSR count). The summed E-state index contributed by atoms with van der Waals surface area (Å²) < 4.78 is 2.67. The highest BCUT2D eigenvalue weighted by Gasteiger charge is 2.12. The Morgan fingerprint density at radius 2 is 1.82 bits per heavy atom. The first-order valence-corrected chi connectivity index (χ1v) is 9.55. The molecule has 152 valence electrons. The number of aromatic nitrogens is 4. The van der Waals surface area contributed by atoms with Gasteiger partial charge >= 0.3 is 5.69 Å². The van der Waals surface area contributed by atoms with Gasteiger partial charge in [0.05, 0.1) is 11.9 Å². The molecule has 0 spiro atoms. The third kappa shape index (κ3) is 5.67. The Morgan fingerprint density at radius 3 is 2.32 bits per heavy atom. The first-order valence-electron chi connectivity index (χ1n) is 9.55. The van der Waals surface area contributed by atoms with Gasteiger partial charge in [-0.15, -0.1) is 5.10 Å². The maximum Gasteiger partial charge on any atom is 0.353 e. The zero-order chi connectivity index (χ0) is 21.7. The molecule has 0 radical (unpaired) electrons. The van der Waals surface area contributed by atoms with Gasteiger partial charge in [-0.05, 0) is 25.5 Å². The van der Waals surface area contributed by atoms with E-state index in [4.69, 9.17) is 5.73 Å². The molecule has 6 heteroatoms. The van der Waals surface area contributed by atoms with Crippen molar-refractivity contribution in [3.05, 3.63) is 70.2 Å². The summed E-state index contributed by atoms with van der Waals surface area (Å²) in [7, 11) is 0. The summed E-state index contributed by atoms with van der Waals surface area (Å²) in [5.74, 6) is 0.0949. The number of hydrogen-bond acceptors (Lipinski definition) is 4. The van der Waals surface area contributed by atoms with Gasteiger partial charge in [0.25, 0.3) is 0 Å². The summed E-state index contributed by atoms with van der Waals surface area (Å²) in [5, 5.41) is 5.79. The van der Waals surface area contributed by atoms with Gasteiger partial charge in [0.1, 0.15) is 0 Å². The van der Waals surface area contributed by atoms with Crippen molar-refractivity contribution in [1.29, 1.82) is 0 Å². The van der Waals surface area contributed by atoms with Gasteiger partial charge in [0.15, 0.2) is 5.65 Å². The first-order chi connectivity index (χ1) is 13.6. The van der Waals surface area contributed by atoms with Crippen LogP contribution in [0.1, 0.15) is 41.5 Å². The molecule has 0 aliphatic carbocycles. The molecule has 28 heavy (non-hydrogen) atoms. The Bertz CT molecular complexity index is 1020. The number of fused-ring (bicyclic) bond motifs is 1. The second kappa shape index (κ2) is 13.1. The molecule has 0 atom stereocenters. The smallest absolute Gasteiger partial charge is 0.353 e. The van der Waals surface area contributed by atoms with E-state index in [1.54, 1.807) is 18.2 Å². The van der Waals surface area contributed by atoms with Crippen LogP contribution < -0.4 is 22.0 Å². The van der Waals surface area contributed by atoms with Gasteiger partial charge in [0.2, 0.25) is 5.95 Å². The average molecular weight is 384 g/mol. The zero-order valence-corrected chi connectivity index (χ0v) is 17.9. The first kappa shape index (κ1) is 24.8. The Morgan fingerprint density at radius 1 is 1.18 bits per heavy atom. The minimum atomic E-state index is -0.337. The van der Waals surface area contributed by atoms with Crippen molar-refractivity contribution in [2.24, 2.45) is 0 Å². The quantitative estimate of drug-likeness (QED) is 0.805. The minimum Gasteiger partial charge on any atom is -0.369 e. The molecule has 2 N–H and O–H groups in total. The molecular weight excluding hydrogens is 350 g/mol. The highest BCUT2D eigenvalue weighted by Crippen LogP contribution is 2.01. The van der Waals surface area contributed by atoms with Crippen LogP contribution in [0.2, 0.25) is 0 Å². The van der Waals surface area contributed by atoms with E-state index in [9.17, 15) is 4.79 Å². The summed E-state index contributed by atoms with van der Waals surface area (Å²) in [6, 6.07) is 0. The van der Waals surface area contributed by atoms with E-state index in [0.717, 1.165) is 10.8 Å². The molecule has 0 aromatic carbocycles. The summed E-state index contributed by atoms with van der Waals surface area (Å²) in [6.45, 7) is 19.5. The van der Waals surface area contributed by atoms with Crippen LogP contribution in [0.15, 0.2) is 53.9 Å². The van der Waals surface area contributed by atoms with Gasteiger partial charge in [-0.25, -0.2) is 18.9 Å². The lowest BCUT2D eigenvalue weighted by Gasteiger charge is -1.99. The van der Waals surface area contributed by atoms with Gasteiger partial charge in [0, 0.05) is 5.22 Å². The third-order valence-corrected chi connectivity index (χ3v) is 3.48. The molecular formula is C22H33N5O. The van der Waals surface area contributed by atoms with Gasteiger partial charge in [-0.2, -0.15) is 0 Å². The maximum absolute atomic E-state index is 12.6. The molecule has 0 amide bonds. The highest BCUT2D eigenvalue weighted by atomic mass is 16.2. The predicted octanol–water partition coefficient (Wildman–Crippen LogP) is 2.98. The summed E-state index contributed by atoms with van der Waals surface area (Å²) in [4.78, 5) is 16.9. The van der Waals surface area contributed by atoms with Crippen LogP contribution in [-0.2, 0) is 6.54 Å². The van der Waals surface area contributed by atoms with Gasteiger partial charge in [-0.1, -0.05) is 77.3 Å². The van der Waals surface area contributed by atoms with Crippen molar-refractivity contribution in [2.75, 3.05) is 5.73 Å². The van der Waals surface area contributed by atoms with Crippen LogP contribution in [0.3, 0.4) is 0 Å². The van der Waals surface area contributed by atoms with Gasteiger partial charge < -0.3 is 5.73 Å². The fraction of sp³-hybridized carbons (Fsp3) is 0.318. The summed E-state index contributed by atoms with van der Waals surface area (Å²) in [6.07, 6.45) is 12.6. The van der Waals surface area contributed by atoms with Crippen LogP contribution in [0.5, 0.6) is 0 Å². The predicted molar refractivity (Wildman–Crippen MR) is 122 cm³/mol. The topological polar surface area (TPSA) is 78.2 Å². The molecule has 0 saturated heterocycles. The fourth-order valence-electron chi connectivity index (χ4n) is 2.33. The molecule has 0 bridgehead atoms. The van der Waals surface area contributed by atoms with Crippen molar-refractivity contribution >= 4 is 23.7 Å². The van der Waals surface area contributed by atoms with Crippen LogP contribution in [0, 0.1) is 0 Å². The summed E-state index contributed by atoms with van der Waals surface area (Å²) >= 11 is 0. The molecule has 0 saturated carbocycles. The van der Waals surface area contributed by atoms with E-state index in [1.807, 2.05) is 65.8 Å². The Hall–Kier alpha value is -3.15. The van der Waals surface area contributed by atoms with Crippen LogP contribution >= 0.6 is 0 Å². The van der Waals surface area contributed by atoms with Crippen LogP contribution in [0.4, 0.5) is 5.95 Å². The second-order valence-corrected chi connectivity index (χ2v) is 5.03. The molecule has 2 aromatic rings. The lowest BCUT2D eigenvalue weighted by molar-refractivity contribution is 0.658. The SMILES string of the molecule is C=C/C=c1/nc(N)n2c(=O)n(C/C(C=C)=C/C=C\C)nc2/c1=C/C.CC.CC. The summed E-state index contributed by atoms with van der Waals surface area (Å²) in [5.41, 5.74) is 6.95. The molecule has 2 heterocycles. The van der Waals surface area contributed by atoms with E-state index < -0.39 is 0 Å². The molecule has 0 fully saturated rings. The Kier molecular flexibility index (Phi) is 11.6. The number of hydrogen-bond donors (Lipinski definition) is 1. The molecule has 6 nitrogen and oxygen atoms in total. The van der Waals surface area contributed by atoms with Crippen molar-refractivity contribution in [3.63, 3.8) is 0 Å². The number of nitrogens with two attached hydrogens (primary N) is 1. The van der Waals surface area contributed by atoms with E-state index >= 15 is 0 Å². The van der Waals surface area contributed by atoms with E-state index in [0.29, 0.717) is 17.5 Å². The van der Waals surface area contributed by atoms with E-state index in [2.05, 4.69) is 23.2 Å². The fourth-order valence-corrected chi connectivity index (χ4v) is 2.33. The molecule has 0 unspecified atom stereocenters. The zero-order valence-electron chi connectivity index (χ0n) is 17.9. The van der Waals surface area contributed by atoms with Crippen LogP contribution in [0.25, 0.3) is 17.8 Å². The number of anilines is 1. The molecule has 2 aromatic heterocycles. The third-order valence-electron chi connectivity index (χ3n) is 3.48. The van der Waals surface area contributed by atoms with Crippen molar-refractivity contribution in [1.82, 2.24) is 19.2 Å². The normalized spacial score (nSPS) is 12.4.